The molecule has 0 aliphatic carbocycles. The van der Waals surface area contributed by atoms with Crippen LogP contribution in [0.3, 0.4) is 0 Å². The molecule has 0 amide bonds. The third-order valence-corrected chi connectivity index (χ3v) is 2.71. The molecule has 0 radical (unpaired) electrons. The second-order valence-corrected chi connectivity index (χ2v) is 4.19. The molecule has 0 spiro atoms. The standard InChI is InChI=1S/C12H12N2O5/c1-6-4-14(12(18)13-10(6)15)5-8-3-9(11(16)17)7(2)19-8/h3-4H,5H2,1-2H3,(H,16,17)(H,13,15,18). The number of carbonyl (C=O) groups is 1. The van der Waals surface area contributed by atoms with Crippen LogP contribution < -0.4 is 11.2 Å². The number of hydrogen-bond donors (Lipinski definition) is 2. The van der Waals surface area contributed by atoms with E-state index in [1.165, 1.54) is 23.8 Å². The van der Waals surface area contributed by atoms with Crippen molar-refractivity contribution in [2.24, 2.45) is 0 Å². The van der Waals surface area contributed by atoms with Crippen molar-refractivity contribution in [3.05, 3.63) is 55.7 Å². The number of carboxylic acids is 1. The van der Waals surface area contributed by atoms with Crippen molar-refractivity contribution in [3.8, 4) is 0 Å². The van der Waals surface area contributed by atoms with E-state index in [9.17, 15) is 14.4 Å². The lowest BCUT2D eigenvalue weighted by molar-refractivity contribution is 0.0695. The molecule has 19 heavy (non-hydrogen) atoms. The van der Waals surface area contributed by atoms with Crippen molar-refractivity contribution in [2.75, 3.05) is 0 Å². The topological polar surface area (TPSA) is 105 Å². The fourth-order valence-corrected chi connectivity index (χ4v) is 1.74. The van der Waals surface area contributed by atoms with Gasteiger partial charge in [-0.05, 0) is 19.9 Å². The number of aromatic nitrogens is 2. The van der Waals surface area contributed by atoms with Gasteiger partial charge in [-0.15, -0.1) is 0 Å². The van der Waals surface area contributed by atoms with Crippen molar-refractivity contribution in [1.29, 1.82) is 0 Å². The maximum absolute atomic E-state index is 11.6. The molecule has 0 aromatic carbocycles. The Kier molecular flexibility index (Phi) is 3.12. The van der Waals surface area contributed by atoms with Crippen LogP contribution in [-0.2, 0) is 6.54 Å². The Bertz CT molecular complexity index is 750. The van der Waals surface area contributed by atoms with Gasteiger partial charge in [0.05, 0.1) is 6.54 Å². The van der Waals surface area contributed by atoms with Gasteiger partial charge in [-0.3, -0.25) is 14.3 Å². The first kappa shape index (κ1) is 12.9. The highest BCUT2D eigenvalue weighted by atomic mass is 16.4. The molecular weight excluding hydrogens is 252 g/mol. The number of H-pyrrole nitrogens is 1. The van der Waals surface area contributed by atoms with E-state index < -0.39 is 17.2 Å². The highest BCUT2D eigenvalue weighted by Crippen LogP contribution is 2.15. The van der Waals surface area contributed by atoms with Gasteiger partial charge in [0.2, 0.25) is 0 Å². The van der Waals surface area contributed by atoms with E-state index in [4.69, 9.17) is 9.52 Å². The van der Waals surface area contributed by atoms with E-state index in [1.807, 2.05) is 0 Å². The molecular formula is C12H12N2O5. The lowest BCUT2D eigenvalue weighted by Gasteiger charge is -2.03. The third kappa shape index (κ3) is 2.49. The number of aromatic carboxylic acids is 1. The first-order valence-corrected chi connectivity index (χ1v) is 5.51. The summed E-state index contributed by atoms with van der Waals surface area (Å²) >= 11 is 0. The zero-order chi connectivity index (χ0) is 14.2. The summed E-state index contributed by atoms with van der Waals surface area (Å²) in [4.78, 5) is 35.8. The number of furan rings is 1. The van der Waals surface area contributed by atoms with Crippen molar-refractivity contribution in [2.45, 2.75) is 20.4 Å². The SMILES string of the molecule is Cc1oc(Cn2cc(C)c(=O)[nH]c2=O)cc1C(=O)O. The molecule has 2 aromatic rings. The minimum absolute atomic E-state index is 0.0594. The zero-order valence-electron chi connectivity index (χ0n) is 10.4. The number of nitrogens with zero attached hydrogens (tertiary/aromatic N) is 1. The van der Waals surface area contributed by atoms with Gasteiger partial charge in [0.15, 0.2) is 0 Å². The lowest BCUT2D eigenvalue weighted by Crippen LogP contribution is -2.30. The number of carboxylic acid groups (broad SMARTS) is 1. The highest BCUT2D eigenvalue weighted by Gasteiger charge is 2.14. The van der Waals surface area contributed by atoms with Gasteiger partial charge in [-0.2, -0.15) is 0 Å². The second kappa shape index (κ2) is 4.60. The Balaban J connectivity index is 2.39. The van der Waals surface area contributed by atoms with E-state index in [0.717, 1.165) is 0 Å². The summed E-state index contributed by atoms with van der Waals surface area (Å²) in [6.45, 7) is 3.17. The summed E-state index contributed by atoms with van der Waals surface area (Å²) in [5.41, 5.74) is -0.560. The van der Waals surface area contributed by atoms with E-state index >= 15 is 0 Å². The Morgan fingerprint density at radius 1 is 1.42 bits per heavy atom. The van der Waals surface area contributed by atoms with E-state index in [2.05, 4.69) is 4.98 Å². The smallest absolute Gasteiger partial charge is 0.339 e. The maximum Gasteiger partial charge on any atom is 0.339 e. The van der Waals surface area contributed by atoms with Crippen LogP contribution in [0, 0.1) is 13.8 Å². The second-order valence-electron chi connectivity index (χ2n) is 4.19. The van der Waals surface area contributed by atoms with Gasteiger partial charge in [0.1, 0.15) is 17.1 Å². The van der Waals surface area contributed by atoms with Crippen LogP contribution in [0.2, 0.25) is 0 Å². The molecule has 100 valence electrons. The van der Waals surface area contributed by atoms with E-state index in [1.54, 1.807) is 6.92 Å². The highest BCUT2D eigenvalue weighted by molar-refractivity contribution is 5.88. The van der Waals surface area contributed by atoms with Gasteiger partial charge < -0.3 is 9.52 Å². The van der Waals surface area contributed by atoms with Gasteiger partial charge in [-0.1, -0.05) is 0 Å². The quantitative estimate of drug-likeness (QED) is 0.839. The molecule has 0 bridgehead atoms. The maximum atomic E-state index is 11.6. The van der Waals surface area contributed by atoms with Crippen molar-refractivity contribution < 1.29 is 14.3 Å². The molecule has 0 aliphatic heterocycles. The molecule has 0 fully saturated rings. The Labute approximate surface area is 107 Å². The molecule has 0 atom stereocenters. The predicted molar refractivity (Wildman–Crippen MR) is 65.6 cm³/mol. The lowest BCUT2D eigenvalue weighted by atomic mass is 10.2. The minimum Gasteiger partial charge on any atom is -0.478 e. The summed E-state index contributed by atoms with van der Waals surface area (Å²) in [5.74, 6) is -0.474. The Hall–Kier alpha value is -2.57. The van der Waals surface area contributed by atoms with Crippen LogP contribution in [-0.4, -0.2) is 20.6 Å². The molecule has 2 heterocycles. The molecule has 0 aliphatic rings. The number of nitrogens with one attached hydrogen (secondary N) is 1. The van der Waals surface area contributed by atoms with Crippen LogP contribution in [0.4, 0.5) is 0 Å². The number of hydrogen-bond acceptors (Lipinski definition) is 4. The number of aryl methyl sites for hydroxylation is 2. The van der Waals surface area contributed by atoms with Gasteiger partial charge >= 0.3 is 11.7 Å². The zero-order valence-corrected chi connectivity index (χ0v) is 10.4. The fraction of sp³-hybridized carbons (Fsp3) is 0.250. The van der Waals surface area contributed by atoms with Crippen LogP contribution in [0.1, 0.15) is 27.4 Å². The molecule has 0 saturated carbocycles. The number of rotatable bonds is 3. The molecule has 7 nitrogen and oxygen atoms in total. The average molecular weight is 264 g/mol. The van der Waals surface area contributed by atoms with Crippen molar-refractivity contribution in [1.82, 2.24) is 9.55 Å². The monoisotopic (exact) mass is 264 g/mol. The van der Waals surface area contributed by atoms with E-state index in [0.29, 0.717) is 11.3 Å². The van der Waals surface area contributed by atoms with Gasteiger partial charge in [-0.25, -0.2) is 9.59 Å². The van der Waals surface area contributed by atoms with Crippen molar-refractivity contribution in [3.63, 3.8) is 0 Å². The van der Waals surface area contributed by atoms with Crippen LogP contribution >= 0.6 is 0 Å². The first-order valence-electron chi connectivity index (χ1n) is 5.51. The van der Waals surface area contributed by atoms with Crippen LogP contribution in [0.25, 0.3) is 0 Å². The Morgan fingerprint density at radius 3 is 2.68 bits per heavy atom. The fourth-order valence-electron chi connectivity index (χ4n) is 1.74. The molecule has 2 rings (SSSR count). The minimum atomic E-state index is -1.09. The molecule has 0 saturated heterocycles. The normalized spacial score (nSPS) is 10.6. The summed E-state index contributed by atoms with van der Waals surface area (Å²) in [6, 6.07) is 1.37. The van der Waals surface area contributed by atoms with Crippen molar-refractivity contribution >= 4 is 5.97 Å². The summed E-state index contributed by atoms with van der Waals surface area (Å²) in [6.07, 6.45) is 1.40. The van der Waals surface area contributed by atoms with Gasteiger partial charge in [0.25, 0.3) is 5.56 Å². The first-order chi connectivity index (χ1) is 8.88. The molecule has 0 unspecified atom stereocenters. The Morgan fingerprint density at radius 2 is 2.11 bits per heavy atom. The summed E-state index contributed by atoms with van der Waals surface area (Å²) in [5, 5.41) is 8.90. The summed E-state index contributed by atoms with van der Waals surface area (Å²) < 4.78 is 6.52. The molecule has 2 aromatic heterocycles. The van der Waals surface area contributed by atoms with E-state index in [-0.39, 0.29) is 17.9 Å². The van der Waals surface area contributed by atoms with Crippen LogP contribution in [0.15, 0.2) is 26.3 Å². The molecule has 7 heteroatoms. The van der Waals surface area contributed by atoms with Crippen LogP contribution in [0.5, 0.6) is 0 Å². The van der Waals surface area contributed by atoms with Gasteiger partial charge in [0, 0.05) is 11.8 Å². The third-order valence-electron chi connectivity index (χ3n) is 2.71. The summed E-state index contributed by atoms with van der Waals surface area (Å²) in [7, 11) is 0. The largest absolute Gasteiger partial charge is 0.478 e. The molecule has 2 N–H and O–H groups in total. The number of aromatic amines is 1. The predicted octanol–water partition coefficient (Wildman–Crippen LogP) is 0.493. The average Bonchev–Trinajstić information content (AvgIpc) is 2.67.